The highest BCUT2D eigenvalue weighted by atomic mass is 19.4. The van der Waals surface area contributed by atoms with Gasteiger partial charge in [-0.15, -0.1) is 18.4 Å². The Bertz CT molecular complexity index is 887. The second kappa shape index (κ2) is 5.60. The van der Waals surface area contributed by atoms with E-state index < -0.39 is 28.5 Å². The smallest absolute Gasteiger partial charge is 0.211 e. The van der Waals surface area contributed by atoms with Gasteiger partial charge in [0.1, 0.15) is 12.3 Å². The Balaban J connectivity index is 2.08. The standard InChI is InChI=1S/C16H11F6N4/c1-10-7-11(3-4-12(10)15(17,18)19)13-8-14-25(16(20,21)22)5-2-6-26(14,9-23)24-13/h2-5,7-8H,6H2,1H3/q+1. The number of nitrogens with zero attached hydrogens (tertiary/aromatic N) is 4. The number of benzene rings is 1. The number of allylic oxidation sites excluding steroid dienone is 1. The number of alkyl halides is 6. The van der Waals surface area contributed by atoms with E-state index in [-0.39, 0.29) is 28.3 Å². The molecule has 0 radical (unpaired) electrons. The molecular weight excluding hydrogens is 362 g/mol. The summed E-state index contributed by atoms with van der Waals surface area (Å²) >= 11 is 0. The molecule has 0 amide bonds. The minimum atomic E-state index is -4.76. The number of quaternary nitrogens is 1. The Morgan fingerprint density at radius 1 is 1.19 bits per heavy atom. The van der Waals surface area contributed by atoms with Crippen LogP contribution in [0.2, 0.25) is 0 Å². The highest BCUT2D eigenvalue weighted by Crippen LogP contribution is 2.39. The summed E-state index contributed by atoms with van der Waals surface area (Å²) in [6.07, 6.45) is -4.52. The monoisotopic (exact) mass is 373 g/mol. The second-order valence-electron chi connectivity index (χ2n) is 5.79. The molecule has 0 aromatic heterocycles. The van der Waals surface area contributed by atoms with Crippen LogP contribution in [0.1, 0.15) is 16.7 Å². The van der Waals surface area contributed by atoms with Crippen LogP contribution in [0.15, 0.2) is 47.5 Å². The van der Waals surface area contributed by atoms with Gasteiger partial charge in [-0.25, -0.2) is 4.90 Å². The SMILES string of the molecule is Cc1cc(C2=N[N+]3(C#N)CC=CN(C(F)(F)F)C3=C2)ccc1C(F)(F)F. The average Bonchev–Trinajstić information content (AvgIpc) is 2.92. The van der Waals surface area contributed by atoms with Gasteiger partial charge in [-0.2, -0.15) is 13.2 Å². The molecule has 1 aromatic carbocycles. The van der Waals surface area contributed by atoms with Crippen molar-refractivity contribution in [3.8, 4) is 6.19 Å². The van der Waals surface area contributed by atoms with Gasteiger partial charge in [0.2, 0.25) is 0 Å². The zero-order chi connectivity index (χ0) is 19.3. The lowest BCUT2D eigenvalue weighted by Crippen LogP contribution is -2.48. The van der Waals surface area contributed by atoms with Crippen molar-refractivity contribution in [1.82, 2.24) is 4.90 Å². The fourth-order valence-corrected chi connectivity index (χ4v) is 2.87. The lowest BCUT2D eigenvalue weighted by Gasteiger charge is -2.31. The van der Waals surface area contributed by atoms with Crippen molar-refractivity contribution in [1.29, 1.82) is 5.26 Å². The number of aryl methyl sites for hydroxylation is 1. The number of hydrogen-bond donors (Lipinski definition) is 0. The summed E-state index contributed by atoms with van der Waals surface area (Å²) in [6.45, 7) is 1.14. The Labute approximate surface area is 144 Å². The van der Waals surface area contributed by atoms with Gasteiger partial charge in [-0.1, -0.05) is 11.2 Å². The molecule has 3 rings (SSSR count). The third-order valence-corrected chi connectivity index (χ3v) is 4.06. The third-order valence-electron chi connectivity index (χ3n) is 4.06. The molecule has 4 nitrogen and oxygen atoms in total. The number of nitriles is 1. The average molecular weight is 373 g/mol. The summed E-state index contributed by atoms with van der Waals surface area (Å²) in [6, 6.07) is 3.17. The minimum Gasteiger partial charge on any atom is -0.211 e. The fourth-order valence-electron chi connectivity index (χ4n) is 2.87. The van der Waals surface area contributed by atoms with Gasteiger partial charge >= 0.3 is 18.7 Å². The first-order chi connectivity index (χ1) is 12.0. The van der Waals surface area contributed by atoms with Gasteiger partial charge in [-0.05, 0) is 35.3 Å². The quantitative estimate of drug-likeness (QED) is 0.320. The normalized spacial score (nSPS) is 22.6. The lowest BCUT2D eigenvalue weighted by molar-refractivity contribution is -0.838. The van der Waals surface area contributed by atoms with Crippen molar-refractivity contribution < 1.29 is 30.9 Å². The highest BCUT2D eigenvalue weighted by molar-refractivity contribution is 6.09. The molecule has 2 aliphatic heterocycles. The van der Waals surface area contributed by atoms with E-state index in [2.05, 4.69) is 5.10 Å². The van der Waals surface area contributed by atoms with E-state index in [0.29, 0.717) is 0 Å². The van der Waals surface area contributed by atoms with Crippen LogP contribution in [-0.4, -0.2) is 28.0 Å². The molecular formula is C16H11F6N4+. The van der Waals surface area contributed by atoms with E-state index in [1.165, 1.54) is 19.1 Å². The number of fused-ring (bicyclic) bond motifs is 1. The van der Waals surface area contributed by atoms with Crippen LogP contribution in [0.3, 0.4) is 0 Å². The molecule has 1 aromatic rings. The van der Waals surface area contributed by atoms with E-state index in [1.807, 2.05) is 0 Å². The molecule has 2 heterocycles. The molecule has 0 saturated heterocycles. The zero-order valence-electron chi connectivity index (χ0n) is 13.2. The predicted molar refractivity (Wildman–Crippen MR) is 78.6 cm³/mol. The number of rotatable bonds is 1. The van der Waals surface area contributed by atoms with E-state index in [1.54, 1.807) is 6.19 Å². The molecule has 0 aliphatic carbocycles. The fraction of sp³-hybridized carbons (Fsp3) is 0.250. The molecule has 26 heavy (non-hydrogen) atoms. The molecule has 136 valence electrons. The van der Waals surface area contributed by atoms with Gasteiger partial charge < -0.3 is 0 Å². The minimum absolute atomic E-state index is 0.0105. The molecule has 0 bridgehead atoms. The van der Waals surface area contributed by atoms with E-state index in [9.17, 15) is 31.6 Å². The third kappa shape index (κ3) is 2.84. The number of halogens is 6. The van der Waals surface area contributed by atoms with E-state index >= 15 is 0 Å². The Kier molecular flexibility index (Phi) is 3.88. The van der Waals surface area contributed by atoms with Gasteiger partial charge in [0.25, 0.3) is 5.82 Å². The molecule has 0 saturated carbocycles. The summed E-state index contributed by atoms with van der Waals surface area (Å²) < 4.78 is 77.2. The van der Waals surface area contributed by atoms with Crippen molar-refractivity contribution in [2.75, 3.05) is 6.54 Å². The van der Waals surface area contributed by atoms with Crippen LogP contribution in [0.4, 0.5) is 26.3 Å². The van der Waals surface area contributed by atoms with Gasteiger partial charge in [0.05, 0.1) is 11.6 Å². The molecule has 1 atom stereocenters. The summed E-state index contributed by atoms with van der Waals surface area (Å²) in [5.74, 6) is -0.421. The first-order valence-corrected chi connectivity index (χ1v) is 7.31. The zero-order valence-corrected chi connectivity index (χ0v) is 13.2. The molecule has 0 spiro atoms. The maximum Gasteiger partial charge on any atom is 0.492 e. The van der Waals surface area contributed by atoms with Crippen molar-refractivity contribution in [3.05, 3.63) is 59.1 Å². The van der Waals surface area contributed by atoms with Gasteiger partial charge in [0, 0.05) is 11.8 Å². The largest absolute Gasteiger partial charge is 0.492 e. The summed E-state index contributed by atoms with van der Waals surface area (Å²) in [7, 11) is 0. The first kappa shape index (κ1) is 18.0. The van der Waals surface area contributed by atoms with Crippen LogP contribution in [0.25, 0.3) is 0 Å². The van der Waals surface area contributed by atoms with Crippen molar-refractivity contribution in [3.63, 3.8) is 0 Å². The Hall–Kier alpha value is -2.80. The van der Waals surface area contributed by atoms with E-state index in [4.69, 9.17) is 0 Å². The summed E-state index contributed by atoms with van der Waals surface area (Å²) in [4.78, 5) is -0.0207. The van der Waals surface area contributed by atoms with Crippen LogP contribution in [0.5, 0.6) is 0 Å². The van der Waals surface area contributed by atoms with Gasteiger partial charge in [-0.3, -0.25) is 0 Å². The molecule has 2 aliphatic rings. The first-order valence-electron chi connectivity index (χ1n) is 7.31. The van der Waals surface area contributed by atoms with Crippen LogP contribution >= 0.6 is 0 Å². The Morgan fingerprint density at radius 3 is 2.42 bits per heavy atom. The van der Waals surface area contributed by atoms with Crippen LogP contribution in [-0.2, 0) is 6.18 Å². The van der Waals surface area contributed by atoms with Gasteiger partial charge in [0.15, 0.2) is 0 Å². The summed E-state index contributed by atoms with van der Waals surface area (Å²) in [5.41, 5.74) is -0.716. The van der Waals surface area contributed by atoms with Crippen LogP contribution < -0.4 is 0 Å². The van der Waals surface area contributed by atoms with Crippen molar-refractivity contribution >= 4 is 5.71 Å². The molecule has 0 N–H and O–H groups in total. The van der Waals surface area contributed by atoms with Crippen molar-refractivity contribution in [2.24, 2.45) is 5.10 Å². The highest BCUT2D eigenvalue weighted by Gasteiger charge is 2.53. The molecule has 1 unspecified atom stereocenters. The maximum absolute atomic E-state index is 13.2. The molecule has 10 heteroatoms. The maximum atomic E-state index is 13.2. The lowest BCUT2D eigenvalue weighted by atomic mass is 10.0. The van der Waals surface area contributed by atoms with Crippen LogP contribution in [0, 0.1) is 18.4 Å². The topological polar surface area (TPSA) is 39.4 Å². The van der Waals surface area contributed by atoms with E-state index in [0.717, 1.165) is 24.4 Å². The summed E-state index contributed by atoms with van der Waals surface area (Å²) in [5, 5.41) is 13.5. The number of hydrogen-bond acceptors (Lipinski definition) is 3. The Morgan fingerprint density at radius 2 is 1.88 bits per heavy atom. The second-order valence-corrected chi connectivity index (χ2v) is 5.79. The van der Waals surface area contributed by atoms with Crippen molar-refractivity contribution in [2.45, 2.75) is 19.4 Å². The molecule has 0 fully saturated rings. The predicted octanol–water partition coefficient (Wildman–Crippen LogP) is 4.22.